The van der Waals surface area contributed by atoms with E-state index in [9.17, 15) is 0 Å². The molecular weight excluding hydrogens is 574 g/mol. The van der Waals surface area contributed by atoms with Crippen LogP contribution in [0.3, 0.4) is 0 Å². The maximum absolute atomic E-state index is 6.63. The van der Waals surface area contributed by atoms with Crippen molar-refractivity contribution in [3.8, 4) is 39.5 Å². The molecule has 4 heteroatoms. The van der Waals surface area contributed by atoms with Crippen LogP contribution in [0.1, 0.15) is 25.0 Å². The highest BCUT2D eigenvalue weighted by molar-refractivity contribution is 6.21. The molecule has 0 bridgehead atoms. The first-order chi connectivity index (χ1) is 23.1. The molecule has 0 spiro atoms. The molecule has 0 fully saturated rings. The van der Waals surface area contributed by atoms with E-state index in [1.165, 1.54) is 27.4 Å². The van der Waals surface area contributed by atoms with Gasteiger partial charge in [-0.15, -0.1) is 0 Å². The van der Waals surface area contributed by atoms with Gasteiger partial charge in [-0.25, -0.2) is 9.97 Å². The van der Waals surface area contributed by atoms with E-state index in [0.29, 0.717) is 5.82 Å². The zero-order valence-electron chi connectivity index (χ0n) is 26.0. The van der Waals surface area contributed by atoms with Crippen LogP contribution in [0.15, 0.2) is 144 Å². The molecule has 0 N–H and O–H groups in total. The summed E-state index contributed by atoms with van der Waals surface area (Å²) >= 11 is 0. The summed E-state index contributed by atoms with van der Waals surface area (Å²) < 4.78 is 8.98. The first kappa shape index (κ1) is 26.2. The van der Waals surface area contributed by atoms with Crippen LogP contribution >= 0.6 is 0 Å². The summed E-state index contributed by atoms with van der Waals surface area (Å²) in [4.78, 5) is 10.2. The Morgan fingerprint density at radius 3 is 2.15 bits per heavy atom. The smallest absolute Gasteiger partial charge is 0.213 e. The van der Waals surface area contributed by atoms with E-state index in [1.807, 2.05) is 24.3 Å². The van der Waals surface area contributed by atoms with Crippen molar-refractivity contribution in [3.63, 3.8) is 0 Å². The van der Waals surface area contributed by atoms with Gasteiger partial charge in [-0.3, -0.25) is 4.57 Å². The number of furan rings is 1. The molecule has 47 heavy (non-hydrogen) atoms. The van der Waals surface area contributed by atoms with Gasteiger partial charge in [0.05, 0.1) is 27.8 Å². The maximum Gasteiger partial charge on any atom is 0.213 e. The van der Waals surface area contributed by atoms with Crippen LogP contribution in [0.5, 0.6) is 0 Å². The summed E-state index contributed by atoms with van der Waals surface area (Å²) in [6, 6.07) is 49.2. The van der Waals surface area contributed by atoms with Gasteiger partial charge < -0.3 is 4.42 Å². The van der Waals surface area contributed by atoms with Crippen LogP contribution in [0.25, 0.3) is 83.3 Å². The molecule has 0 saturated heterocycles. The molecule has 0 atom stereocenters. The molecule has 0 radical (unpaired) electrons. The fourth-order valence-electron chi connectivity index (χ4n) is 7.70. The van der Waals surface area contributed by atoms with Crippen molar-refractivity contribution >= 4 is 43.9 Å². The highest BCUT2D eigenvalue weighted by Crippen LogP contribution is 2.50. The number of benzene rings is 6. The van der Waals surface area contributed by atoms with Crippen LogP contribution in [-0.4, -0.2) is 14.5 Å². The maximum atomic E-state index is 6.63. The number of hydrogen-bond acceptors (Lipinski definition) is 3. The Hall–Kier alpha value is -6.00. The highest BCUT2D eigenvalue weighted by Gasteiger charge is 2.36. The van der Waals surface area contributed by atoms with Crippen LogP contribution in [0.2, 0.25) is 0 Å². The fourth-order valence-corrected chi connectivity index (χ4v) is 7.70. The van der Waals surface area contributed by atoms with Crippen LogP contribution < -0.4 is 0 Å². The minimum atomic E-state index is -0.177. The Labute approximate surface area is 271 Å². The molecule has 3 aromatic heterocycles. The first-order valence-electron chi connectivity index (χ1n) is 16.1. The summed E-state index contributed by atoms with van der Waals surface area (Å²) in [6.45, 7) is 4.66. The molecule has 4 nitrogen and oxygen atoms in total. The third-order valence-electron chi connectivity index (χ3n) is 10.00. The molecule has 9 aromatic rings. The molecule has 0 amide bonds. The third kappa shape index (κ3) is 3.70. The standard InChI is InChI=1S/C43H29N3O/c1-43(2)33-23-22-28(25-36(33)46-40-32(18-11-19-34(40)43)38-31-17-7-9-21-37(31)47-42(38)46)27-14-10-15-29(24-27)41-44-35-20-8-6-16-30(35)39(45-41)26-12-4-3-5-13-26/h3-25H,1-2H3. The van der Waals surface area contributed by atoms with E-state index < -0.39 is 0 Å². The summed E-state index contributed by atoms with van der Waals surface area (Å²) in [7, 11) is 0. The summed E-state index contributed by atoms with van der Waals surface area (Å²) in [5.74, 6) is 0.716. The van der Waals surface area contributed by atoms with Crippen LogP contribution in [0, 0.1) is 0 Å². The predicted molar refractivity (Wildman–Crippen MR) is 192 cm³/mol. The first-order valence-corrected chi connectivity index (χ1v) is 16.1. The van der Waals surface area contributed by atoms with Gasteiger partial charge in [0.1, 0.15) is 5.58 Å². The van der Waals surface area contributed by atoms with E-state index in [0.717, 1.165) is 61.2 Å². The molecule has 0 unspecified atom stereocenters. The second kappa shape index (κ2) is 9.51. The second-order valence-electron chi connectivity index (χ2n) is 13.0. The minimum absolute atomic E-state index is 0.177. The average Bonchev–Trinajstić information content (AvgIpc) is 3.66. The number of para-hydroxylation sites is 3. The van der Waals surface area contributed by atoms with Crippen molar-refractivity contribution in [2.45, 2.75) is 19.3 Å². The molecule has 4 heterocycles. The molecule has 0 saturated carbocycles. The van der Waals surface area contributed by atoms with Gasteiger partial charge in [-0.05, 0) is 46.5 Å². The number of rotatable bonds is 3. The molecule has 0 aliphatic carbocycles. The Morgan fingerprint density at radius 2 is 1.26 bits per heavy atom. The van der Waals surface area contributed by atoms with Crippen molar-refractivity contribution < 1.29 is 4.42 Å². The third-order valence-corrected chi connectivity index (χ3v) is 10.00. The van der Waals surface area contributed by atoms with Crippen molar-refractivity contribution in [1.82, 2.24) is 14.5 Å². The van der Waals surface area contributed by atoms with Crippen molar-refractivity contribution in [2.24, 2.45) is 0 Å². The normalized spacial score (nSPS) is 13.5. The Balaban J connectivity index is 1.17. The summed E-state index contributed by atoms with van der Waals surface area (Å²) in [5.41, 5.74) is 12.8. The lowest BCUT2D eigenvalue weighted by Gasteiger charge is -2.34. The Bertz CT molecular complexity index is 2710. The van der Waals surface area contributed by atoms with E-state index in [2.05, 4.69) is 134 Å². The lowest BCUT2D eigenvalue weighted by atomic mass is 9.74. The lowest BCUT2D eigenvalue weighted by molar-refractivity contribution is 0.612. The molecule has 1 aliphatic rings. The number of fused-ring (bicyclic) bond motifs is 8. The zero-order valence-corrected chi connectivity index (χ0v) is 26.0. The minimum Gasteiger partial charge on any atom is -0.439 e. The zero-order chi connectivity index (χ0) is 31.3. The van der Waals surface area contributed by atoms with Crippen molar-refractivity contribution in [3.05, 3.63) is 151 Å². The highest BCUT2D eigenvalue weighted by atomic mass is 16.3. The topological polar surface area (TPSA) is 43.9 Å². The Kier molecular flexibility index (Phi) is 5.31. The van der Waals surface area contributed by atoms with Gasteiger partial charge in [0.15, 0.2) is 5.82 Å². The average molecular weight is 604 g/mol. The molecular formula is C43H29N3O. The van der Waals surface area contributed by atoms with E-state index >= 15 is 0 Å². The van der Waals surface area contributed by atoms with E-state index in [-0.39, 0.29) is 5.41 Å². The number of nitrogens with zero attached hydrogens (tertiary/aromatic N) is 3. The van der Waals surface area contributed by atoms with Gasteiger partial charge in [0.2, 0.25) is 5.71 Å². The summed E-state index contributed by atoms with van der Waals surface area (Å²) in [5, 5.41) is 4.61. The molecule has 1 aliphatic heterocycles. The van der Waals surface area contributed by atoms with Gasteiger partial charge in [0, 0.05) is 32.7 Å². The van der Waals surface area contributed by atoms with Crippen LogP contribution in [0.4, 0.5) is 0 Å². The van der Waals surface area contributed by atoms with Gasteiger partial charge in [-0.2, -0.15) is 0 Å². The largest absolute Gasteiger partial charge is 0.439 e. The van der Waals surface area contributed by atoms with E-state index in [4.69, 9.17) is 14.4 Å². The SMILES string of the molecule is CC1(C)c2ccc(-c3cccc(-c4nc(-c5ccccc5)c5ccccc5n4)c3)cc2-n2c3oc4ccccc4c3c3cccc1c32. The quantitative estimate of drug-likeness (QED) is 0.202. The predicted octanol–water partition coefficient (Wildman–Crippen LogP) is 11.1. The van der Waals surface area contributed by atoms with Gasteiger partial charge >= 0.3 is 0 Å². The second-order valence-corrected chi connectivity index (χ2v) is 13.0. The molecule has 10 rings (SSSR count). The Morgan fingerprint density at radius 1 is 0.553 bits per heavy atom. The van der Waals surface area contributed by atoms with Crippen molar-refractivity contribution in [1.29, 1.82) is 0 Å². The fraction of sp³-hybridized carbons (Fsp3) is 0.0698. The molecule has 6 aromatic carbocycles. The van der Waals surface area contributed by atoms with Crippen LogP contribution in [-0.2, 0) is 5.41 Å². The summed E-state index contributed by atoms with van der Waals surface area (Å²) in [6.07, 6.45) is 0. The number of aromatic nitrogens is 3. The monoisotopic (exact) mass is 603 g/mol. The van der Waals surface area contributed by atoms with E-state index in [1.54, 1.807) is 0 Å². The molecule has 222 valence electrons. The number of hydrogen-bond donors (Lipinski definition) is 0. The van der Waals surface area contributed by atoms with Gasteiger partial charge in [-0.1, -0.05) is 129 Å². The van der Waals surface area contributed by atoms with Crippen molar-refractivity contribution in [2.75, 3.05) is 0 Å². The van der Waals surface area contributed by atoms with Gasteiger partial charge in [0.25, 0.3) is 0 Å². The lowest BCUT2D eigenvalue weighted by Crippen LogP contribution is -2.26.